The first-order chi connectivity index (χ1) is 43.4. The van der Waals surface area contributed by atoms with Gasteiger partial charge in [-0.15, -0.1) is 0 Å². The van der Waals surface area contributed by atoms with Gasteiger partial charge in [0, 0.05) is 25.7 Å². The van der Waals surface area contributed by atoms with Crippen molar-refractivity contribution in [1.82, 2.24) is 0 Å². The molecule has 0 saturated carbocycles. The van der Waals surface area contributed by atoms with Crippen molar-refractivity contribution in [3.8, 4) is 0 Å². The van der Waals surface area contributed by atoms with Gasteiger partial charge < -0.3 is 33.8 Å². The molecule has 0 amide bonds. The fourth-order valence-electron chi connectivity index (χ4n) is 10.2. The Balaban J connectivity index is 5.30. The average molecular weight is 1320 g/mol. The molecule has 0 aromatic rings. The normalized spacial score (nSPS) is 14.6. The standard InChI is InChI=1S/C71H134O17P2/c1-7-10-12-14-16-18-20-21-22-23-25-29-37-43-49-55-70(75)87-66(59-82-69(74)54-48-42-36-30-26-27-33-39-45-51-63(4)5)61-85-89(77,78)83-57-65(72)58-84-90(79,80)86-62-67(60-81-68(73)53-47-41-35-28-24-19-17-15-13-11-8-2)88-71(76)56-50-44-38-32-31-34-40-46-52-64(6)9-3/h18,20-22,63-67,72H,7-17,19,23-62H2,1-6H3,(H,77,78)(H,79,80)/b20-18-,22-21-/t64?,65-,66-,67-/m1/s1. The molecule has 90 heavy (non-hydrogen) atoms. The van der Waals surface area contributed by atoms with Crippen molar-refractivity contribution in [3.05, 3.63) is 24.3 Å². The van der Waals surface area contributed by atoms with E-state index in [-0.39, 0.29) is 25.7 Å². The second kappa shape index (κ2) is 62.6. The quantitative estimate of drug-likeness (QED) is 0.0169. The van der Waals surface area contributed by atoms with E-state index >= 15 is 0 Å². The number of aliphatic hydroxyl groups is 1. The number of carbonyl (C=O) groups excluding carboxylic acids is 4. The lowest BCUT2D eigenvalue weighted by molar-refractivity contribution is -0.161. The Morgan fingerprint density at radius 1 is 0.367 bits per heavy atom. The van der Waals surface area contributed by atoms with Crippen LogP contribution in [0.3, 0.4) is 0 Å². The van der Waals surface area contributed by atoms with Crippen molar-refractivity contribution < 1.29 is 80.2 Å². The molecule has 0 bridgehead atoms. The van der Waals surface area contributed by atoms with Crippen molar-refractivity contribution in [2.75, 3.05) is 39.6 Å². The van der Waals surface area contributed by atoms with E-state index in [9.17, 15) is 43.2 Å². The Hall–Kier alpha value is -2.46. The maximum atomic E-state index is 13.0. The molecule has 3 unspecified atom stereocenters. The van der Waals surface area contributed by atoms with Gasteiger partial charge in [0.25, 0.3) is 0 Å². The first-order valence-corrected chi connectivity index (χ1v) is 39.3. The molecule has 6 atom stereocenters. The number of hydrogen-bond acceptors (Lipinski definition) is 15. The zero-order valence-electron chi connectivity index (χ0n) is 57.9. The molecule has 0 aliphatic rings. The zero-order chi connectivity index (χ0) is 66.5. The molecular weight excluding hydrogens is 1190 g/mol. The number of esters is 4. The third-order valence-electron chi connectivity index (χ3n) is 16.2. The van der Waals surface area contributed by atoms with Crippen LogP contribution in [0.2, 0.25) is 0 Å². The number of phosphoric ester groups is 2. The van der Waals surface area contributed by atoms with Crippen molar-refractivity contribution in [1.29, 1.82) is 0 Å². The van der Waals surface area contributed by atoms with Gasteiger partial charge in [-0.2, -0.15) is 0 Å². The van der Waals surface area contributed by atoms with Gasteiger partial charge in [0.15, 0.2) is 12.2 Å². The summed E-state index contributed by atoms with van der Waals surface area (Å²) in [5, 5.41) is 10.6. The zero-order valence-corrected chi connectivity index (χ0v) is 59.7. The highest BCUT2D eigenvalue weighted by Gasteiger charge is 2.30. The number of aliphatic hydroxyl groups excluding tert-OH is 1. The van der Waals surface area contributed by atoms with Crippen LogP contribution in [0.25, 0.3) is 0 Å². The van der Waals surface area contributed by atoms with Crippen LogP contribution in [-0.4, -0.2) is 96.7 Å². The maximum absolute atomic E-state index is 13.0. The largest absolute Gasteiger partial charge is 0.472 e. The van der Waals surface area contributed by atoms with E-state index in [4.69, 9.17) is 37.0 Å². The molecule has 17 nitrogen and oxygen atoms in total. The van der Waals surface area contributed by atoms with Crippen molar-refractivity contribution in [2.45, 2.75) is 355 Å². The molecule has 0 saturated heterocycles. The van der Waals surface area contributed by atoms with Crippen LogP contribution in [0.15, 0.2) is 24.3 Å². The molecule has 0 spiro atoms. The second-order valence-corrected chi connectivity index (χ2v) is 28.6. The number of unbranched alkanes of at least 4 members (excludes halogenated alkanes) is 34. The van der Waals surface area contributed by atoms with Gasteiger partial charge in [-0.05, 0) is 63.2 Å². The summed E-state index contributed by atoms with van der Waals surface area (Å²) < 4.78 is 68.3. The molecule has 0 aromatic heterocycles. The molecule has 0 aliphatic heterocycles. The number of phosphoric acid groups is 2. The molecule has 0 aliphatic carbocycles. The summed E-state index contributed by atoms with van der Waals surface area (Å²) in [6, 6.07) is 0. The third kappa shape index (κ3) is 63.0. The predicted molar refractivity (Wildman–Crippen MR) is 363 cm³/mol. The van der Waals surface area contributed by atoms with Gasteiger partial charge >= 0.3 is 39.5 Å². The topological polar surface area (TPSA) is 237 Å². The Morgan fingerprint density at radius 2 is 0.656 bits per heavy atom. The molecule has 0 radical (unpaired) electrons. The summed E-state index contributed by atoms with van der Waals surface area (Å²) in [4.78, 5) is 72.6. The fourth-order valence-corrected chi connectivity index (χ4v) is 11.8. The molecule has 0 rings (SSSR count). The molecular formula is C71H134O17P2. The summed E-state index contributed by atoms with van der Waals surface area (Å²) >= 11 is 0. The molecule has 0 fully saturated rings. The van der Waals surface area contributed by atoms with Gasteiger partial charge in [-0.1, -0.05) is 284 Å². The maximum Gasteiger partial charge on any atom is 0.472 e. The van der Waals surface area contributed by atoms with Gasteiger partial charge in [-0.25, -0.2) is 9.13 Å². The average Bonchev–Trinajstić information content (AvgIpc) is 3.58. The summed E-state index contributed by atoms with van der Waals surface area (Å²) in [6.07, 6.45) is 50.6. The predicted octanol–water partition coefficient (Wildman–Crippen LogP) is 19.9. The number of rotatable bonds is 68. The van der Waals surface area contributed by atoms with Crippen LogP contribution < -0.4 is 0 Å². The van der Waals surface area contributed by atoms with Crippen molar-refractivity contribution in [3.63, 3.8) is 0 Å². The van der Waals surface area contributed by atoms with Crippen LogP contribution in [0, 0.1) is 11.8 Å². The summed E-state index contributed by atoms with van der Waals surface area (Å²) in [6.45, 7) is 9.46. The van der Waals surface area contributed by atoms with Crippen LogP contribution in [-0.2, 0) is 65.4 Å². The summed E-state index contributed by atoms with van der Waals surface area (Å²) in [5.74, 6) is -0.646. The monoisotopic (exact) mass is 1320 g/mol. The number of carbonyl (C=O) groups is 4. The summed E-state index contributed by atoms with van der Waals surface area (Å²) in [5.41, 5.74) is 0. The van der Waals surface area contributed by atoms with E-state index in [0.29, 0.717) is 25.7 Å². The van der Waals surface area contributed by atoms with Crippen molar-refractivity contribution in [2.24, 2.45) is 11.8 Å². The van der Waals surface area contributed by atoms with Gasteiger partial charge in [-0.3, -0.25) is 37.3 Å². The highest BCUT2D eigenvalue weighted by molar-refractivity contribution is 7.47. The van der Waals surface area contributed by atoms with E-state index in [1.165, 1.54) is 141 Å². The lowest BCUT2D eigenvalue weighted by Gasteiger charge is -2.21. The Labute approximate surface area is 548 Å². The molecule has 19 heteroatoms. The van der Waals surface area contributed by atoms with E-state index in [1.807, 2.05) is 0 Å². The number of ether oxygens (including phenoxy) is 4. The highest BCUT2D eigenvalue weighted by atomic mass is 31.2. The van der Waals surface area contributed by atoms with E-state index in [0.717, 1.165) is 115 Å². The van der Waals surface area contributed by atoms with Gasteiger partial charge in [0.05, 0.1) is 26.4 Å². The Bertz CT molecular complexity index is 1850. The van der Waals surface area contributed by atoms with Crippen LogP contribution >= 0.6 is 15.6 Å². The second-order valence-electron chi connectivity index (χ2n) is 25.7. The van der Waals surface area contributed by atoms with E-state index in [2.05, 4.69) is 65.8 Å². The SMILES string of the molecule is CCCCCC/C=C\C=C/CCCCCCCC(=O)O[C@H](COC(=O)CCCCCCCCCCCC(C)C)COP(=O)(O)OC[C@@H](O)COP(=O)(O)OC[C@@H](COC(=O)CCCCCCCCCCCCC)OC(=O)CCCCCCCCCCC(C)CC. The minimum atomic E-state index is -4.96. The van der Waals surface area contributed by atoms with E-state index < -0.39 is 97.5 Å². The molecule has 0 heterocycles. The molecule has 530 valence electrons. The number of hydrogen-bond donors (Lipinski definition) is 3. The minimum Gasteiger partial charge on any atom is -0.462 e. The van der Waals surface area contributed by atoms with Crippen LogP contribution in [0.4, 0.5) is 0 Å². The lowest BCUT2D eigenvalue weighted by Crippen LogP contribution is -2.30. The summed E-state index contributed by atoms with van der Waals surface area (Å²) in [7, 11) is -9.91. The van der Waals surface area contributed by atoms with Gasteiger partial charge in [0.2, 0.25) is 0 Å². The van der Waals surface area contributed by atoms with Gasteiger partial charge in [0.1, 0.15) is 19.3 Å². The lowest BCUT2D eigenvalue weighted by atomic mass is 9.99. The van der Waals surface area contributed by atoms with E-state index in [1.54, 1.807) is 0 Å². The van der Waals surface area contributed by atoms with Crippen LogP contribution in [0.1, 0.15) is 337 Å². The van der Waals surface area contributed by atoms with Crippen LogP contribution in [0.5, 0.6) is 0 Å². The molecule has 0 aromatic carbocycles. The first-order valence-electron chi connectivity index (χ1n) is 36.3. The third-order valence-corrected chi connectivity index (χ3v) is 18.1. The smallest absolute Gasteiger partial charge is 0.462 e. The number of allylic oxidation sites excluding steroid dienone is 4. The Kier molecular flexibility index (Phi) is 60.9. The minimum absolute atomic E-state index is 0.0845. The van der Waals surface area contributed by atoms with Crippen molar-refractivity contribution >= 4 is 39.5 Å². The highest BCUT2D eigenvalue weighted by Crippen LogP contribution is 2.45. The fraction of sp³-hybridized carbons (Fsp3) is 0.887. The molecule has 3 N–H and O–H groups in total. The first kappa shape index (κ1) is 87.5. The Morgan fingerprint density at radius 3 is 1.00 bits per heavy atom.